The maximum absolute atomic E-state index is 11.2. The van der Waals surface area contributed by atoms with Crippen molar-refractivity contribution in [2.75, 3.05) is 7.11 Å². The van der Waals surface area contributed by atoms with Crippen LogP contribution in [0.2, 0.25) is 0 Å². The Morgan fingerprint density at radius 3 is 2.81 bits per heavy atom. The first-order valence-corrected chi connectivity index (χ1v) is 7.50. The maximum Gasteiger partial charge on any atom is 0.335 e. The van der Waals surface area contributed by atoms with Gasteiger partial charge in [-0.25, -0.2) is 9.78 Å². The van der Waals surface area contributed by atoms with E-state index in [1.54, 1.807) is 19.2 Å². The molecular weight excluding hydrogens is 286 g/mol. The average Bonchev–Trinajstić information content (AvgIpc) is 2.47. The first-order chi connectivity index (χ1) is 10.1. The Kier molecular flexibility index (Phi) is 5.22. The van der Waals surface area contributed by atoms with Crippen molar-refractivity contribution in [3.8, 4) is 5.75 Å². The van der Waals surface area contributed by atoms with E-state index in [2.05, 4.69) is 4.98 Å². The molecule has 1 heterocycles. The van der Waals surface area contributed by atoms with Gasteiger partial charge in [0.2, 0.25) is 0 Å². The number of carbonyl (C=O) groups is 1. The van der Waals surface area contributed by atoms with Crippen molar-refractivity contribution in [1.29, 1.82) is 0 Å². The molecule has 0 aliphatic rings. The monoisotopic (exact) mass is 303 g/mol. The number of carboxylic acids is 1. The largest absolute Gasteiger partial charge is 0.497 e. The molecule has 1 N–H and O–H groups in total. The number of aromatic carboxylic acids is 1. The Bertz CT molecular complexity index is 643. The van der Waals surface area contributed by atoms with Gasteiger partial charge in [-0.3, -0.25) is 0 Å². The molecule has 4 nitrogen and oxygen atoms in total. The molecule has 5 heteroatoms. The van der Waals surface area contributed by atoms with Crippen LogP contribution >= 0.6 is 11.8 Å². The summed E-state index contributed by atoms with van der Waals surface area (Å²) in [5.74, 6) is -0.162. The Balaban J connectivity index is 2.31. The van der Waals surface area contributed by atoms with Crippen molar-refractivity contribution in [1.82, 2.24) is 4.98 Å². The van der Waals surface area contributed by atoms with Crippen LogP contribution in [0.1, 0.15) is 29.4 Å². The summed E-state index contributed by atoms with van der Waals surface area (Å²) in [7, 11) is 1.62. The SMILES string of the molecule is CCCc1cc(C(=O)O)cc(Sc2cccc(OC)c2)n1. The third-order valence-electron chi connectivity index (χ3n) is 2.87. The number of ether oxygens (including phenoxy) is 1. The minimum absolute atomic E-state index is 0.277. The van der Waals surface area contributed by atoms with E-state index in [4.69, 9.17) is 4.74 Å². The second-order valence-electron chi connectivity index (χ2n) is 4.52. The van der Waals surface area contributed by atoms with Crippen LogP contribution in [0.5, 0.6) is 5.75 Å². The fourth-order valence-electron chi connectivity index (χ4n) is 1.91. The topological polar surface area (TPSA) is 59.4 Å². The fourth-order valence-corrected chi connectivity index (χ4v) is 2.82. The highest BCUT2D eigenvalue weighted by molar-refractivity contribution is 7.99. The van der Waals surface area contributed by atoms with Gasteiger partial charge in [-0.2, -0.15) is 0 Å². The van der Waals surface area contributed by atoms with Gasteiger partial charge in [-0.1, -0.05) is 31.2 Å². The molecule has 0 bridgehead atoms. The van der Waals surface area contributed by atoms with Crippen molar-refractivity contribution in [2.45, 2.75) is 29.7 Å². The average molecular weight is 303 g/mol. The lowest BCUT2D eigenvalue weighted by Crippen LogP contribution is -2.01. The van der Waals surface area contributed by atoms with E-state index in [0.29, 0.717) is 5.03 Å². The molecule has 0 amide bonds. The first-order valence-electron chi connectivity index (χ1n) is 6.68. The number of aryl methyl sites for hydroxylation is 1. The number of rotatable bonds is 6. The quantitative estimate of drug-likeness (QED) is 0.877. The Morgan fingerprint density at radius 2 is 2.14 bits per heavy atom. The molecule has 0 radical (unpaired) electrons. The fraction of sp³-hybridized carbons (Fsp3) is 0.250. The predicted molar refractivity (Wildman–Crippen MR) is 82.3 cm³/mol. The third kappa shape index (κ3) is 4.23. The van der Waals surface area contributed by atoms with E-state index in [0.717, 1.165) is 29.2 Å². The van der Waals surface area contributed by atoms with E-state index in [9.17, 15) is 9.90 Å². The first kappa shape index (κ1) is 15.4. The molecule has 0 spiro atoms. The molecule has 1 aromatic heterocycles. The molecule has 110 valence electrons. The summed E-state index contributed by atoms with van der Waals surface area (Å²) >= 11 is 1.43. The van der Waals surface area contributed by atoms with E-state index < -0.39 is 5.97 Å². The lowest BCUT2D eigenvalue weighted by Gasteiger charge is -2.07. The van der Waals surface area contributed by atoms with E-state index in [1.165, 1.54) is 11.8 Å². The van der Waals surface area contributed by atoms with E-state index in [1.807, 2.05) is 31.2 Å². The Hall–Kier alpha value is -2.01. The zero-order valence-electron chi connectivity index (χ0n) is 12.0. The van der Waals surface area contributed by atoms with Crippen LogP contribution in [0.4, 0.5) is 0 Å². The van der Waals surface area contributed by atoms with Crippen molar-refractivity contribution < 1.29 is 14.6 Å². The van der Waals surface area contributed by atoms with Gasteiger partial charge in [-0.15, -0.1) is 0 Å². The normalized spacial score (nSPS) is 10.4. The Labute approximate surface area is 128 Å². The predicted octanol–water partition coefficient (Wildman–Crippen LogP) is 3.89. The minimum atomic E-state index is -0.928. The second-order valence-corrected chi connectivity index (χ2v) is 5.62. The van der Waals surface area contributed by atoms with E-state index in [-0.39, 0.29) is 5.56 Å². The van der Waals surface area contributed by atoms with Gasteiger partial charge in [-0.05, 0) is 36.8 Å². The zero-order chi connectivity index (χ0) is 15.2. The van der Waals surface area contributed by atoms with Gasteiger partial charge in [0.25, 0.3) is 0 Å². The number of benzene rings is 1. The molecule has 0 saturated carbocycles. The summed E-state index contributed by atoms with van der Waals surface area (Å²) in [4.78, 5) is 16.7. The van der Waals surface area contributed by atoms with Crippen LogP contribution in [0.15, 0.2) is 46.3 Å². The van der Waals surface area contributed by atoms with Gasteiger partial charge in [0.1, 0.15) is 10.8 Å². The van der Waals surface area contributed by atoms with Gasteiger partial charge >= 0.3 is 5.97 Å². The van der Waals surface area contributed by atoms with Crippen LogP contribution in [0, 0.1) is 0 Å². The smallest absolute Gasteiger partial charge is 0.335 e. The number of hydrogen-bond donors (Lipinski definition) is 1. The summed E-state index contributed by atoms with van der Waals surface area (Å²) in [5, 5.41) is 9.88. The number of nitrogens with zero attached hydrogens (tertiary/aromatic N) is 1. The van der Waals surface area contributed by atoms with Gasteiger partial charge < -0.3 is 9.84 Å². The van der Waals surface area contributed by atoms with Crippen LogP contribution in [0.25, 0.3) is 0 Å². The molecule has 0 unspecified atom stereocenters. The molecule has 0 aliphatic heterocycles. The lowest BCUT2D eigenvalue weighted by molar-refractivity contribution is 0.0696. The lowest BCUT2D eigenvalue weighted by atomic mass is 10.2. The highest BCUT2D eigenvalue weighted by Gasteiger charge is 2.09. The number of hydrogen-bond acceptors (Lipinski definition) is 4. The zero-order valence-corrected chi connectivity index (χ0v) is 12.8. The molecule has 21 heavy (non-hydrogen) atoms. The van der Waals surface area contributed by atoms with Crippen molar-refractivity contribution in [3.63, 3.8) is 0 Å². The number of carboxylic acid groups (broad SMARTS) is 1. The van der Waals surface area contributed by atoms with Crippen molar-refractivity contribution in [3.05, 3.63) is 47.7 Å². The Morgan fingerprint density at radius 1 is 1.33 bits per heavy atom. The second kappa shape index (κ2) is 7.13. The summed E-state index contributed by atoms with van der Waals surface area (Å²) in [6.45, 7) is 2.05. The van der Waals surface area contributed by atoms with Gasteiger partial charge in [0, 0.05) is 10.6 Å². The highest BCUT2D eigenvalue weighted by atomic mass is 32.2. The summed E-state index contributed by atoms with van der Waals surface area (Å²) < 4.78 is 5.19. The summed E-state index contributed by atoms with van der Waals surface area (Å²) in [6.07, 6.45) is 1.70. The molecule has 0 atom stereocenters. The molecule has 0 aliphatic carbocycles. The molecule has 1 aromatic carbocycles. The molecular formula is C16H17NO3S. The highest BCUT2D eigenvalue weighted by Crippen LogP contribution is 2.29. The number of aromatic nitrogens is 1. The van der Waals surface area contributed by atoms with E-state index >= 15 is 0 Å². The molecule has 2 aromatic rings. The molecule has 0 fully saturated rings. The molecule has 2 rings (SSSR count). The van der Waals surface area contributed by atoms with Gasteiger partial charge in [0.15, 0.2) is 0 Å². The maximum atomic E-state index is 11.2. The van der Waals surface area contributed by atoms with Crippen LogP contribution in [-0.2, 0) is 6.42 Å². The van der Waals surface area contributed by atoms with Crippen LogP contribution in [-0.4, -0.2) is 23.2 Å². The van der Waals surface area contributed by atoms with Crippen molar-refractivity contribution >= 4 is 17.7 Å². The minimum Gasteiger partial charge on any atom is -0.497 e. The summed E-state index contributed by atoms with van der Waals surface area (Å²) in [5.41, 5.74) is 1.08. The standard InChI is InChI=1S/C16H17NO3S/c1-3-5-12-8-11(16(18)19)9-15(17-12)21-14-7-4-6-13(10-14)20-2/h4,6-10H,3,5H2,1-2H3,(H,18,19). The molecule has 0 saturated heterocycles. The van der Waals surface area contributed by atoms with Crippen LogP contribution in [0.3, 0.4) is 0 Å². The number of methoxy groups -OCH3 is 1. The van der Waals surface area contributed by atoms with Gasteiger partial charge in [0.05, 0.1) is 12.7 Å². The number of pyridine rings is 1. The van der Waals surface area contributed by atoms with Crippen LogP contribution < -0.4 is 4.74 Å². The third-order valence-corrected chi connectivity index (χ3v) is 3.78. The van der Waals surface area contributed by atoms with Crippen molar-refractivity contribution in [2.24, 2.45) is 0 Å². The summed E-state index contributed by atoms with van der Waals surface area (Å²) in [6, 6.07) is 10.9.